The highest BCUT2D eigenvalue weighted by molar-refractivity contribution is 7.80. The summed E-state index contributed by atoms with van der Waals surface area (Å²) in [7, 11) is 0. The minimum absolute atomic E-state index is 0.0249. The van der Waals surface area contributed by atoms with E-state index in [0.29, 0.717) is 24.9 Å². The first-order valence-electron chi connectivity index (χ1n) is 10.1. The van der Waals surface area contributed by atoms with Crippen LogP contribution in [0.1, 0.15) is 24.8 Å². The van der Waals surface area contributed by atoms with E-state index in [9.17, 15) is 29.4 Å². The molecular formula is C20H31N5O6S. The van der Waals surface area contributed by atoms with Gasteiger partial charge in [0.1, 0.15) is 23.9 Å². The van der Waals surface area contributed by atoms with Gasteiger partial charge in [0.15, 0.2) is 0 Å². The van der Waals surface area contributed by atoms with Crippen LogP contribution in [0.25, 0.3) is 0 Å². The monoisotopic (exact) mass is 469 g/mol. The molecule has 3 atom stereocenters. The number of aliphatic carboxylic acids is 1. The maximum atomic E-state index is 12.9. The number of rotatable bonds is 14. The lowest BCUT2D eigenvalue weighted by Gasteiger charge is -2.24. The van der Waals surface area contributed by atoms with Crippen LogP contribution >= 0.6 is 12.6 Å². The van der Waals surface area contributed by atoms with E-state index in [-0.39, 0.29) is 30.9 Å². The van der Waals surface area contributed by atoms with E-state index in [4.69, 9.17) is 11.5 Å². The first kappa shape index (κ1) is 27.2. The van der Waals surface area contributed by atoms with Gasteiger partial charge in [-0.25, -0.2) is 4.79 Å². The summed E-state index contributed by atoms with van der Waals surface area (Å²) < 4.78 is 0. The molecule has 1 aromatic carbocycles. The molecule has 32 heavy (non-hydrogen) atoms. The zero-order chi connectivity index (χ0) is 24.1. The molecule has 0 aliphatic rings. The van der Waals surface area contributed by atoms with Crippen molar-refractivity contribution in [2.45, 2.75) is 43.8 Å². The highest BCUT2D eigenvalue weighted by atomic mass is 32.1. The number of phenols is 1. The smallest absolute Gasteiger partial charge is 0.327 e. The minimum Gasteiger partial charge on any atom is -0.508 e. The van der Waals surface area contributed by atoms with Crippen LogP contribution < -0.4 is 27.4 Å². The molecule has 0 bridgehead atoms. The van der Waals surface area contributed by atoms with Gasteiger partial charge in [0.2, 0.25) is 17.7 Å². The molecule has 0 saturated carbocycles. The number of hydrogen-bond donors (Lipinski definition) is 8. The standard InChI is InChI=1S/C20H31N5O6S/c21-8-2-1-3-14(23-17(27)10-22)18(28)24-15(9-12-4-6-13(26)7-5-12)19(29)25-16(11-32)20(30)31/h4-7,14-16,26,32H,1-3,8-11,21-22H2,(H,23,27)(H,24,28)(H,25,29)(H,30,31). The van der Waals surface area contributed by atoms with Crippen molar-refractivity contribution < 1.29 is 29.4 Å². The third-order valence-corrected chi connectivity index (χ3v) is 4.96. The van der Waals surface area contributed by atoms with Gasteiger partial charge in [-0.15, -0.1) is 0 Å². The molecule has 3 unspecified atom stereocenters. The number of amides is 3. The molecule has 0 fully saturated rings. The summed E-state index contributed by atoms with van der Waals surface area (Å²) in [5.41, 5.74) is 11.4. The van der Waals surface area contributed by atoms with Crippen molar-refractivity contribution >= 4 is 36.3 Å². The summed E-state index contributed by atoms with van der Waals surface area (Å²) in [6.07, 6.45) is 1.52. The number of nitrogens with one attached hydrogen (secondary N) is 3. The molecule has 9 N–H and O–H groups in total. The largest absolute Gasteiger partial charge is 0.508 e. The summed E-state index contributed by atoms with van der Waals surface area (Å²) in [4.78, 5) is 48.7. The van der Waals surface area contributed by atoms with Crippen molar-refractivity contribution in [3.05, 3.63) is 29.8 Å². The van der Waals surface area contributed by atoms with Crippen LogP contribution in [0.3, 0.4) is 0 Å². The molecular weight excluding hydrogens is 438 g/mol. The predicted octanol–water partition coefficient (Wildman–Crippen LogP) is -1.51. The number of carboxylic acid groups (broad SMARTS) is 1. The zero-order valence-electron chi connectivity index (χ0n) is 17.6. The van der Waals surface area contributed by atoms with Crippen molar-refractivity contribution in [1.29, 1.82) is 0 Å². The molecule has 1 rings (SSSR count). The minimum atomic E-state index is -1.27. The number of aromatic hydroxyl groups is 1. The van der Waals surface area contributed by atoms with Gasteiger partial charge < -0.3 is 37.6 Å². The fourth-order valence-corrected chi connectivity index (χ4v) is 3.07. The lowest BCUT2D eigenvalue weighted by molar-refractivity contribution is -0.141. The zero-order valence-corrected chi connectivity index (χ0v) is 18.5. The summed E-state index contributed by atoms with van der Waals surface area (Å²) in [6, 6.07) is 2.68. The Kier molecular flexibility index (Phi) is 12.1. The average Bonchev–Trinajstić information content (AvgIpc) is 2.77. The van der Waals surface area contributed by atoms with E-state index in [2.05, 4.69) is 28.6 Å². The van der Waals surface area contributed by atoms with Crippen molar-refractivity contribution in [3.8, 4) is 5.75 Å². The van der Waals surface area contributed by atoms with Gasteiger partial charge in [-0.1, -0.05) is 12.1 Å². The Morgan fingerprint density at radius 3 is 2.03 bits per heavy atom. The number of phenolic OH excluding ortho intramolecular Hbond substituents is 1. The molecule has 0 saturated heterocycles. The number of nitrogens with two attached hydrogens (primary N) is 2. The Hall–Kier alpha value is -2.83. The highest BCUT2D eigenvalue weighted by Crippen LogP contribution is 2.12. The quantitative estimate of drug-likeness (QED) is 0.119. The van der Waals surface area contributed by atoms with Crippen molar-refractivity contribution in [1.82, 2.24) is 16.0 Å². The molecule has 178 valence electrons. The number of carbonyl (C=O) groups excluding carboxylic acids is 3. The molecule has 1 aromatic rings. The van der Waals surface area contributed by atoms with Crippen LogP contribution in [0, 0.1) is 0 Å². The Balaban J connectivity index is 3.04. The second kappa shape index (κ2) is 14.3. The van der Waals surface area contributed by atoms with E-state index < -0.39 is 41.8 Å². The van der Waals surface area contributed by atoms with Gasteiger partial charge in [-0.05, 0) is 43.5 Å². The van der Waals surface area contributed by atoms with Crippen LogP contribution in [0.4, 0.5) is 0 Å². The van der Waals surface area contributed by atoms with E-state index in [1.807, 2.05) is 0 Å². The maximum absolute atomic E-state index is 12.9. The number of hydrogen-bond acceptors (Lipinski definition) is 8. The van der Waals surface area contributed by atoms with Crippen LogP contribution in [0.2, 0.25) is 0 Å². The summed E-state index contributed by atoms with van der Waals surface area (Å²) in [5, 5.41) is 26.1. The van der Waals surface area contributed by atoms with Crippen LogP contribution in [0.5, 0.6) is 5.75 Å². The predicted molar refractivity (Wildman–Crippen MR) is 121 cm³/mol. The Bertz CT molecular complexity index is 776. The molecule has 12 heteroatoms. The van der Waals surface area contributed by atoms with E-state index in [1.54, 1.807) is 12.1 Å². The lowest BCUT2D eigenvalue weighted by atomic mass is 10.0. The Morgan fingerprint density at radius 1 is 0.906 bits per heavy atom. The normalized spacial score (nSPS) is 13.5. The molecule has 3 amide bonds. The molecule has 0 spiro atoms. The number of thiol groups is 1. The summed E-state index contributed by atoms with van der Waals surface area (Å²) in [6.45, 7) is 0.117. The fraction of sp³-hybridized carbons (Fsp3) is 0.500. The molecule has 11 nitrogen and oxygen atoms in total. The van der Waals surface area contributed by atoms with Gasteiger partial charge in [-0.2, -0.15) is 12.6 Å². The molecule has 0 aliphatic carbocycles. The Morgan fingerprint density at radius 2 is 1.50 bits per heavy atom. The SMILES string of the molecule is NCCCCC(NC(=O)CN)C(=O)NC(Cc1ccc(O)cc1)C(=O)NC(CS)C(=O)O. The van der Waals surface area contributed by atoms with Crippen molar-refractivity contribution in [2.24, 2.45) is 11.5 Å². The Labute approximate surface area is 191 Å². The van der Waals surface area contributed by atoms with Crippen molar-refractivity contribution in [3.63, 3.8) is 0 Å². The van der Waals surface area contributed by atoms with Gasteiger partial charge >= 0.3 is 5.97 Å². The number of unbranched alkanes of at least 4 members (excludes halogenated alkanes) is 1. The van der Waals surface area contributed by atoms with Crippen molar-refractivity contribution in [2.75, 3.05) is 18.8 Å². The topological polar surface area (TPSA) is 197 Å². The third kappa shape index (κ3) is 9.54. The fourth-order valence-electron chi connectivity index (χ4n) is 2.82. The van der Waals surface area contributed by atoms with Crippen LogP contribution in [-0.4, -0.2) is 70.9 Å². The molecule has 0 heterocycles. The number of carboxylic acids is 1. The summed E-state index contributed by atoms with van der Waals surface area (Å²) >= 11 is 3.93. The third-order valence-electron chi connectivity index (χ3n) is 4.59. The second-order valence-corrected chi connectivity index (χ2v) is 7.49. The first-order valence-corrected chi connectivity index (χ1v) is 10.8. The van der Waals surface area contributed by atoms with E-state index >= 15 is 0 Å². The maximum Gasteiger partial charge on any atom is 0.327 e. The van der Waals surface area contributed by atoms with E-state index in [0.717, 1.165) is 0 Å². The van der Waals surface area contributed by atoms with Gasteiger partial charge in [0, 0.05) is 12.2 Å². The van der Waals surface area contributed by atoms with E-state index in [1.165, 1.54) is 12.1 Å². The van der Waals surface area contributed by atoms with Gasteiger partial charge in [0.05, 0.1) is 6.54 Å². The van der Waals surface area contributed by atoms with Crippen LogP contribution in [-0.2, 0) is 25.6 Å². The second-order valence-electron chi connectivity index (χ2n) is 7.12. The lowest BCUT2D eigenvalue weighted by Crippen LogP contribution is -2.57. The number of benzene rings is 1. The molecule has 0 aliphatic heterocycles. The highest BCUT2D eigenvalue weighted by Gasteiger charge is 2.29. The molecule has 0 radical (unpaired) electrons. The van der Waals surface area contributed by atoms with Gasteiger partial charge in [0.25, 0.3) is 0 Å². The molecule has 0 aromatic heterocycles. The van der Waals surface area contributed by atoms with Crippen LogP contribution in [0.15, 0.2) is 24.3 Å². The summed E-state index contributed by atoms with van der Waals surface area (Å²) in [5.74, 6) is -3.24. The van der Waals surface area contributed by atoms with Gasteiger partial charge in [-0.3, -0.25) is 14.4 Å². The number of carbonyl (C=O) groups is 4. The first-order chi connectivity index (χ1) is 15.2. The average molecular weight is 470 g/mol.